The van der Waals surface area contributed by atoms with E-state index in [1.165, 1.54) is 31.2 Å². The van der Waals surface area contributed by atoms with Gasteiger partial charge in [0.25, 0.3) is 11.5 Å². The van der Waals surface area contributed by atoms with Gasteiger partial charge in [-0.1, -0.05) is 36.4 Å². The Morgan fingerprint density at radius 3 is 2.73 bits per heavy atom. The number of fused-ring (bicyclic) bond motifs is 1. The third kappa shape index (κ3) is 3.84. The molecule has 3 aliphatic rings. The van der Waals surface area contributed by atoms with Gasteiger partial charge in [0.05, 0.1) is 17.6 Å². The summed E-state index contributed by atoms with van der Waals surface area (Å²) in [6, 6.07) is 15.5. The molecule has 6 nitrogen and oxygen atoms in total. The Bertz CT molecular complexity index is 1280. The average molecular weight is 441 g/mol. The number of hydrogen-bond acceptors (Lipinski definition) is 4. The molecule has 6 heteroatoms. The first-order chi connectivity index (χ1) is 16.2. The van der Waals surface area contributed by atoms with Crippen LogP contribution in [0.1, 0.15) is 47.5 Å². The first-order valence-corrected chi connectivity index (χ1v) is 12.0. The van der Waals surface area contributed by atoms with Gasteiger partial charge in [-0.2, -0.15) is 0 Å². The molecule has 2 heterocycles. The summed E-state index contributed by atoms with van der Waals surface area (Å²) in [6.45, 7) is 1.67. The van der Waals surface area contributed by atoms with Gasteiger partial charge in [0.2, 0.25) is 5.95 Å². The fourth-order valence-electron chi connectivity index (χ4n) is 5.47. The molecule has 6 rings (SSSR count). The summed E-state index contributed by atoms with van der Waals surface area (Å²) < 4.78 is 0. The van der Waals surface area contributed by atoms with Gasteiger partial charge in [0, 0.05) is 18.7 Å². The molecule has 1 saturated carbocycles. The highest BCUT2D eigenvalue weighted by Crippen LogP contribution is 2.54. The maximum Gasteiger partial charge on any atom is 0.260 e. The lowest BCUT2D eigenvalue weighted by molar-refractivity contribution is 0.0794. The number of allylic oxidation sites excluding steroid dienone is 2. The summed E-state index contributed by atoms with van der Waals surface area (Å²) in [6.07, 6.45) is 9.88. The van der Waals surface area contributed by atoms with E-state index >= 15 is 0 Å². The second kappa shape index (κ2) is 8.18. The minimum Gasteiger partial charge on any atom is -0.323 e. The first-order valence-electron chi connectivity index (χ1n) is 12.0. The van der Waals surface area contributed by atoms with E-state index in [9.17, 15) is 9.59 Å². The zero-order chi connectivity index (χ0) is 22.4. The summed E-state index contributed by atoms with van der Waals surface area (Å²) >= 11 is 0. The van der Waals surface area contributed by atoms with Crippen molar-refractivity contribution in [2.75, 3.05) is 24.7 Å². The molecule has 1 aliphatic heterocycles. The van der Waals surface area contributed by atoms with Crippen LogP contribution < -0.4 is 10.5 Å². The third-order valence-electron chi connectivity index (χ3n) is 7.44. The van der Waals surface area contributed by atoms with Crippen molar-refractivity contribution < 1.29 is 4.79 Å². The van der Waals surface area contributed by atoms with Gasteiger partial charge in [-0.15, -0.1) is 0 Å². The number of nitrogens with one attached hydrogen (secondary N) is 1. The Morgan fingerprint density at radius 1 is 1.06 bits per heavy atom. The maximum absolute atomic E-state index is 13.1. The zero-order valence-corrected chi connectivity index (χ0v) is 18.6. The number of benzene rings is 2. The largest absolute Gasteiger partial charge is 0.323 e. The third-order valence-corrected chi connectivity index (χ3v) is 7.44. The highest BCUT2D eigenvalue weighted by atomic mass is 16.2. The molecule has 3 atom stereocenters. The van der Waals surface area contributed by atoms with Crippen molar-refractivity contribution in [2.24, 2.45) is 11.8 Å². The predicted molar refractivity (Wildman–Crippen MR) is 129 cm³/mol. The molecule has 2 fully saturated rings. The lowest BCUT2D eigenvalue weighted by atomic mass is 9.89. The number of aromatic nitrogens is 2. The van der Waals surface area contributed by atoms with Crippen LogP contribution >= 0.6 is 0 Å². The van der Waals surface area contributed by atoms with Crippen LogP contribution in [0.2, 0.25) is 0 Å². The number of para-hydroxylation sites is 1. The topological polar surface area (TPSA) is 69.3 Å². The molecule has 0 bridgehead atoms. The Labute approximate surface area is 192 Å². The predicted octanol–water partition coefficient (Wildman–Crippen LogP) is 4.30. The normalized spacial score (nSPS) is 24.4. The monoisotopic (exact) mass is 440 g/mol. The number of anilines is 1. The summed E-state index contributed by atoms with van der Waals surface area (Å²) in [4.78, 5) is 36.7. The fourth-order valence-corrected chi connectivity index (χ4v) is 5.47. The first kappa shape index (κ1) is 20.2. The number of aromatic amines is 1. The minimum absolute atomic E-state index is 0.0229. The maximum atomic E-state index is 13.1. The van der Waals surface area contributed by atoms with E-state index in [1.807, 2.05) is 40.1 Å². The van der Waals surface area contributed by atoms with Crippen LogP contribution in [0.3, 0.4) is 0 Å². The summed E-state index contributed by atoms with van der Waals surface area (Å²) in [5.74, 6) is 2.68. The van der Waals surface area contributed by atoms with Crippen molar-refractivity contribution in [3.63, 3.8) is 0 Å². The molecule has 33 heavy (non-hydrogen) atoms. The number of amides is 1. The van der Waals surface area contributed by atoms with Crippen molar-refractivity contribution in [2.45, 2.75) is 31.6 Å². The molecule has 1 amide bonds. The van der Waals surface area contributed by atoms with Gasteiger partial charge in [0.1, 0.15) is 0 Å². The number of nitrogens with zero attached hydrogens (tertiary/aromatic N) is 3. The number of rotatable bonds is 4. The van der Waals surface area contributed by atoms with Crippen LogP contribution in [0.4, 0.5) is 5.95 Å². The Kier molecular flexibility index (Phi) is 5.01. The summed E-state index contributed by atoms with van der Waals surface area (Å²) in [5.41, 5.74) is 2.59. The molecular weight excluding hydrogens is 412 g/mol. The van der Waals surface area contributed by atoms with E-state index in [1.54, 1.807) is 6.07 Å². The van der Waals surface area contributed by atoms with Crippen molar-refractivity contribution in [1.29, 1.82) is 0 Å². The molecule has 1 N–H and O–H groups in total. The summed E-state index contributed by atoms with van der Waals surface area (Å²) in [7, 11) is 0. The van der Waals surface area contributed by atoms with Crippen LogP contribution in [0.15, 0.2) is 65.5 Å². The molecule has 1 saturated heterocycles. The van der Waals surface area contributed by atoms with Gasteiger partial charge in [-0.3, -0.25) is 14.6 Å². The fraction of sp³-hybridized carbons (Fsp3) is 0.370. The minimum atomic E-state index is -0.155. The standard InChI is InChI=1S/C27H28N4O2/c32-25-21-8-4-5-9-24(21)28-27(29-25)31-15-14-30(17-31)26(33)20-12-10-19(11-13-20)23-16-22(23)18-6-2-1-3-7-18/h2,4-6,8-13,18,22-23H,1,3,7,14-17H2,(H,28,29,32)/t18?,22-,23-/m1/s1. The zero-order valence-electron chi connectivity index (χ0n) is 18.6. The van der Waals surface area contributed by atoms with Crippen LogP contribution in [0.25, 0.3) is 10.9 Å². The van der Waals surface area contributed by atoms with E-state index in [-0.39, 0.29) is 11.5 Å². The molecule has 3 aromatic rings. The molecule has 1 aromatic heterocycles. The molecule has 2 aliphatic carbocycles. The van der Waals surface area contributed by atoms with Gasteiger partial charge in [0.15, 0.2) is 0 Å². The quantitative estimate of drug-likeness (QED) is 0.614. The Balaban J connectivity index is 1.12. The molecule has 168 valence electrons. The number of carbonyl (C=O) groups is 1. The number of hydrogen-bond donors (Lipinski definition) is 1. The van der Waals surface area contributed by atoms with Gasteiger partial charge in [-0.25, -0.2) is 4.98 Å². The van der Waals surface area contributed by atoms with E-state index < -0.39 is 0 Å². The van der Waals surface area contributed by atoms with Crippen LogP contribution in [-0.2, 0) is 0 Å². The number of H-pyrrole nitrogens is 1. The van der Waals surface area contributed by atoms with E-state index in [0.717, 1.165) is 17.4 Å². The van der Waals surface area contributed by atoms with Crippen molar-refractivity contribution in [3.05, 3.63) is 82.2 Å². The molecular formula is C27H28N4O2. The van der Waals surface area contributed by atoms with Gasteiger partial charge >= 0.3 is 0 Å². The highest BCUT2D eigenvalue weighted by molar-refractivity contribution is 5.94. The summed E-state index contributed by atoms with van der Waals surface area (Å²) in [5, 5.41) is 0.575. The lowest BCUT2D eigenvalue weighted by Gasteiger charge is -2.19. The molecule has 0 radical (unpaired) electrons. The number of carbonyl (C=O) groups excluding carboxylic acids is 1. The van der Waals surface area contributed by atoms with Gasteiger partial charge in [-0.05, 0) is 73.3 Å². The van der Waals surface area contributed by atoms with Crippen molar-refractivity contribution in [1.82, 2.24) is 14.9 Å². The Hall–Kier alpha value is -3.41. The Morgan fingerprint density at radius 2 is 1.91 bits per heavy atom. The lowest BCUT2D eigenvalue weighted by Crippen LogP contribution is -2.32. The van der Waals surface area contributed by atoms with E-state index in [0.29, 0.717) is 42.5 Å². The second-order valence-corrected chi connectivity index (χ2v) is 9.53. The van der Waals surface area contributed by atoms with Crippen molar-refractivity contribution in [3.8, 4) is 0 Å². The van der Waals surface area contributed by atoms with E-state index in [2.05, 4.69) is 34.3 Å². The average Bonchev–Trinajstić information content (AvgIpc) is 3.51. The smallest absolute Gasteiger partial charge is 0.260 e. The van der Waals surface area contributed by atoms with E-state index in [4.69, 9.17) is 0 Å². The molecule has 2 aromatic carbocycles. The van der Waals surface area contributed by atoms with Crippen LogP contribution in [0.5, 0.6) is 0 Å². The van der Waals surface area contributed by atoms with Gasteiger partial charge < -0.3 is 9.80 Å². The molecule has 1 unspecified atom stereocenters. The van der Waals surface area contributed by atoms with Crippen molar-refractivity contribution >= 4 is 22.8 Å². The SMILES string of the molecule is O=C(c1ccc([C@H]2C[C@@H]2C2C=CCCC2)cc1)N1CCN(c2nc3ccccc3c(=O)[nH]2)C1. The second-order valence-electron chi connectivity index (χ2n) is 9.53. The highest BCUT2D eigenvalue weighted by Gasteiger charge is 2.42. The van der Waals surface area contributed by atoms with Crippen LogP contribution in [0, 0.1) is 11.8 Å². The van der Waals surface area contributed by atoms with Crippen LogP contribution in [-0.4, -0.2) is 40.5 Å². The molecule has 0 spiro atoms.